The number of benzene rings is 1. The minimum absolute atomic E-state index is 0.199. The van der Waals surface area contributed by atoms with Crippen molar-refractivity contribution >= 4 is 34.7 Å². The molecule has 3 aromatic rings. The molecule has 0 atom stereocenters. The lowest BCUT2D eigenvalue weighted by atomic mass is 9.90. The first-order valence-corrected chi connectivity index (χ1v) is 11.1. The van der Waals surface area contributed by atoms with Crippen LogP contribution in [0.4, 0.5) is 11.5 Å². The number of hydrogen-bond donors (Lipinski definition) is 1. The van der Waals surface area contributed by atoms with Gasteiger partial charge < -0.3 is 15.0 Å². The molecule has 2 aromatic heterocycles. The predicted molar refractivity (Wildman–Crippen MR) is 121 cm³/mol. The molecule has 1 N–H and O–H groups in total. The maximum atomic E-state index is 12.5. The van der Waals surface area contributed by atoms with Crippen LogP contribution in [-0.2, 0) is 11.2 Å². The number of ether oxygens (including phenoxy) is 1. The number of piperidine rings is 1. The third-order valence-electron chi connectivity index (χ3n) is 5.47. The Kier molecular flexibility index (Phi) is 6.57. The highest BCUT2D eigenvalue weighted by Crippen LogP contribution is 2.25. The van der Waals surface area contributed by atoms with Gasteiger partial charge in [-0.2, -0.15) is 0 Å². The number of nitrogens with one attached hydrogen (secondary N) is 1. The zero-order valence-electron chi connectivity index (χ0n) is 17.3. The molecule has 0 unspecified atom stereocenters. The summed E-state index contributed by atoms with van der Waals surface area (Å²) in [5.41, 5.74) is 2.00. The van der Waals surface area contributed by atoms with Gasteiger partial charge in [-0.3, -0.25) is 4.79 Å². The Bertz CT molecular complexity index is 1030. The van der Waals surface area contributed by atoms with E-state index in [2.05, 4.69) is 44.7 Å². The highest BCUT2D eigenvalue weighted by atomic mass is 32.1. The lowest BCUT2D eigenvalue weighted by Crippen LogP contribution is -2.35. The number of anilines is 2. The maximum Gasteiger partial charge on any atom is 0.350 e. The smallest absolute Gasteiger partial charge is 0.350 e. The number of hydrogen-bond acceptors (Lipinski definition) is 7. The van der Waals surface area contributed by atoms with Gasteiger partial charge in [0, 0.05) is 13.1 Å². The largest absolute Gasteiger partial charge is 0.465 e. The fourth-order valence-electron chi connectivity index (χ4n) is 3.77. The van der Waals surface area contributed by atoms with Crippen LogP contribution >= 0.6 is 11.3 Å². The number of esters is 1. The van der Waals surface area contributed by atoms with E-state index in [1.807, 2.05) is 12.1 Å². The van der Waals surface area contributed by atoms with E-state index in [4.69, 9.17) is 4.74 Å². The van der Waals surface area contributed by atoms with Gasteiger partial charge in [-0.25, -0.2) is 4.79 Å². The summed E-state index contributed by atoms with van der Waals surface area (Å²) in [5.74, 6) is 0.554. The minimum atomic E-state index is -0.484. The summed E-state index contributed by atoms with van der Waals surface area (Å²) in [6, 6.07) is 15.8. The van der Waals surface area contributed by atoms with Gasteiger partial charge in [-0.15, -0.1) is 21.5 Å². The topological polar surface area (TPSA) is 84.4 Å². The van der Waals surface area contributed by atoms with Crippen LogP contribution in [-0.4, -0.2) is 42.3 Å². The molecule has 0 aliphatic carbocycles. The number of aromatic nitrogens is 2. The number of carbonyl (C=O) groups is 2. The zero-order valence-corrected chi connectivity index (χ0v) is 18.1. The van der Waals surface area contributed by atoms with Gasteiger partial charge in [0.1, 0.15) is 4.88 Å². The molecule has 1 saturated heterocycles. The van der Waals surface area contributed by atoms with Crippen molar-refractivity contribution in [1.29, 1.82) is 0 Å². The first-order valence-electron chi connectivity index (χ1n) is 10.2. The standard InChI is InChI=1S/C23H24N4O3S/c1-30-23(29)21-18(11-14-31-21)24-22(28)19-7-8-20(26-25-19)27-12-9-17(10-13-27)15-16-5-3-2-4-6-16/h2-8,11,14,17H,9-10,12-13,15H2,1H3,(H,24,28). The highest BCUT2D eigenvalue weighted by Gasteiger charge is 2.22. The van der Waals surface area contributed by atoms with E-state index in [0.717, 1.165) is 38.2 Å². The summed E-state index contributed by atoms with van der Waals surface area (Å²) >= 11 is 1.21. The first kappa shape index (κ1) is 21.0. The lowest BCUT2D eigenvalue weighted by Gasteiger charge is -2.32. The molecule has 1 aromatic carbocycles. The summed E-state index contributed by atoms with van der Waals surface area (Å²) in [4.78, 5) is 26.8. The van der Waals surface area contributed by atoms with E-state index < -0.39 is 11.9 Å². The van der Waals surface area contributed by atoms with Crippen molar-refractivity contribution in [2.24, 2.45) is 5.92 Å². The van der Waals surface area contributed by atoms with Gasteiger partial charge >= 0.3 is 5.97 Å². The fraction of sp³-hybridized carbons (Fsp3) is 0.304. The average molecular weight is 437 g/mol. The van der Waals surface area contributed by atoms with Crippen molar-refractivity contribution < 1.29 is 14.3 Å². The van der Waals surface area contributed by atoms with Gasteiger partial charge in [0.2, 0.25) is 0 Å². The molecule has 8 heteroatoms. The van der Waals surface area contributed by atoms with Crippen LogP contribution in [0.15, 0.2) is 53.9 Å². The van der Waals surface area contributed by atoms with Crippen LogP contribution in [0.2, 0.25) is 0 Å². The first-order chi connectivity index (χ1) is 15.1. The van der Waals surface area contributed by atoms with E-state index in [0.29, 0.717) is 16.5 Å². The van der Waals surface area contributed by atoms with Crippen LogP contribution in [0.25, 0.3) is 0 Å². The van der Waals surface area contributed by atoms with E-state index in [9.17, 15) is 9.59 Å². The molecular formula is C23H24N4O3S. The SMILES string of the molecule is COC(=O)c1sccc1NC(=O)c1ccc(N2CCC(Cc3ccccc3)CC2)nn1. The zero-order chi connectivity index (χ0) is 21.6. The molecule has 0 bridgehead atoms. The summed E-state index contributed by atoms with van der Waals surface area (Å²) in [6.45, 7) is 1.85. The molecule has 0 radical (unpaired) electrons. The van der Waals surface area contributed by atoms with E-state index >= 15 is 0 Å². The predicted octanol–water partition coefficient (Wildman–Crippen LogP) is 4.04. The number of thiophene rings is 1. The fourth-order valence-corrected chi connectivity index (χ4v) is 4.54. The van der Waals surface area contributed by atoms with Crippen molar-refractivity contribution in [3.63, 3.8) is 0 Å². The van der Waals surface area contributed by atoms with Crippen molar-refractivity contribution in [2.45, 2.75) is 19.3 Å². The molecule has 1 fully saturated rings. The molecule has 31 heavy (non-hydrogen) atoms. The molecule has 1 amide bonds. The molecule has 1 aliphatic rings. The molecular weight excluding hydrogens is 412 g/mol. The second-order valence-electron chi connectivity index (χ2n) is 7.51. The Hall–Kier alpha value is -3.26. The number of rotatable bonds is 6. The third kappa shape index (κ3) is 5.08. The Morgan fingerprint density at radius 3 is 2.55 bits per heavy atom. The Morgan fingerprint density at radius 2 is 1.87 bits per heavy atom. The average Bonchev–Trinajstić information content (AvgIpc) is 3.28. The molecule has 0 spiro atoms. The van der Waals surface area contributed by atoms with Crippen molar-refractivity contribution in [3.05, 3.63) is 70.0 Å². The van der Waals surface area contributed by atoms with Gasteiger partial charge in [0.15, 0.2) is 11.5 Å². The maximum absolute atomic E-state index is 12.5. The second kappa shape index (κ2) is 9.70. The molecule has 7 nitrogen and oxygen atoms in total. The Labute approximate surface area is 185 Å². The van der Waals surface area contributed by atoms with Crippen LogP contribution in [0, 0.1) is 5.92 Å². The van der Waals surface area contributed by atoms with Crippen LogP contribution in [0.1, 0.15) is 38.6 Å². The Balaban J connectivity index is 1.33. The summed E-state index contributed by atoms with van der Waals surface area (Å²) in [7, 11) is 1.31. The number of methoxy groups -OCH3 is 1. The van der Waals surface area contributed by atoms with Gasteiger partial charge in [0.05, 0.1) is 12.8 Å². The monoisotopic (exact) mass is 436 g/mol. The number of amides is 1. The molecule has 4 rings (SSSR count). The minimum Gasteiger partial charge on any atom is -0.465 e. The quantitative estimate of drug-likeness (QED) is 0.587. The van der Waals surface area contributed by atoms with Gasteiger partial charge in [-0.05, 0) is 54.3 Å². The van der Waals surface area contributed by atoms with Crippen LogP contribution in [0.3, 0.4) is 0 Å². The van der Waals surface area contributed by atoms with Crippen molar-refractivity contribution in [1.82, 2.24) is 10.2 Å². The van der Waals surface area contributed by atoms with Crippen LogP contribution < -0.4 is 10.2 Å². The Morgan fingerprint density at radius 1 is 1.10 bits per heavy atom. The van der Waals surface area contributed by atoms with Crippen molar-refractivity contribution in [2.75, 3.05) is 30.4 Å². The van der Waals surface area contributed by atoms with Crippen LogP contribution in [0.5, 0.6) is 0 Å². The summed E-state index contributed by atoms with van der Waals surface area (Å²) in [5, 5.41) is 12.8. The molecule has 1 aliphatic heterocycles. The van der Waals surface area contributed by atoms with Crippen molar-refractivity contribution in [3.8, 4) is 0 Å². The molecule has 3 heterocycles. The lowest BCUT2D eigenvalue weighted by molar-refractivity contribution is 0.0607. The van der Waals surface area contributed by atoms with E-state index in [-0.39, 0.29) is 5.69 Å². The highest BCUT2D eigenvalue weighted by molar-refractivity contribution is 7.12. The number of nitrogens with zero attached hydrogens (tertiary/aromatic N) is 3. The van der Waals surface area contributed by atoms with E-state index in [1.165, 1.54) is 24.0 Å². The summed E-state index contributed by atoms with van der Waals surface area (Å²) in [6.07, 6.45) is 3.32. The van der Waals surface area contributed by atoms with Gasteiger partial charge in [0.25, 0.3) is 5.91 Å². The van der Waals surface area contributed by atoms with Gasteiger partial charge in [-0.1, -0.05) is 30.3 Å². The summed E-state index contributed by atoms with van der Waals surface area (Å²) < 4.78 is 4.73. The second-order valence-corrected chi connectivity index (χ2v) is 8.42. The third-order valence-corrected chi connectivity index (χ3v) is 6.37. The molecule has 160 valence electrons. The normalized spacial score (nSPS) is 14.3. The molecule has 0 saturated carbocycles. The number of carbonyl (C=O) groups excluding carboxylic acids is 2. The van der Waals surface area contributed by atoms with E-state index in [1.54, 1.807) is 17.5 Å².